The van der Waals surface area contributed by atoms with E-state index in [2.05, 4.69) is 10.6 Å². The lowest BCUT2D eigenvalue weighted by Gasteiger charge is -2.19. The first-order chi connectivity index (χ1) is 11.4. The lowest BCUT2D eigenvalue weighted by Crippen LogP contribution is -2.34. The molecule has 1 unspecified atom stereocenters. The van der Waals surface area contributed by atoms with Crippen molar-refractivity contribution in [1.29, 1.82) is 0 Å². The highest BCUT2D eigenvalue weighted by Crippen LogP contribution is 2.05. The Kier molecular flexibility index (Phi) is 12.2. The van der Waals surface area contributed by atoms with Crippen LogP contribution < -0.4 is 16.2 Å². The van der Waals surface area contributed by atoms with Crippen molar-refractivity contribution in [2.45, 2.75) is 33.3 Å². The third-order valence-electron chi connectivity index (χ3n) is 2.89. The monoisotopic (exact) mass is 351 g/mol. The maximum absolute atomic E-state index is 12.0. The van der Waals surface area contributed by atoms with Gasteiger partial charge in [0, 0.05) is 25.6 Å². The van der Waals surface area contributed by atoms with Crippen LogP contribution in [-0.4, -0.2) is 57.1 Å². The Hall–Kier alpha value is -2.10. The smallest absolute Gasteiger partial charge is 0.407 e. The second kappa shape index (κ2) is 13.3. The first-order valence-corrected chi connectivity index (χ1v) is 7.77. The summed E-state index contributed by atoms with van der Waals surface area (Å²) in [4.78, 5) is 33.7. The van der Waals surface area contributed by atoms with Gasteiger partial charge in [-0.1, -0.05) is 6.92 Å². The molecule has 0 saturated carbocycles. The Morgan fingerprint density at radius 2 is 1.50 bits per heavy atom. The Morgan fingerprint density at radius 3 is 1.92 bits per heavy atom. The molecule has 0 rings (SSSR count). The Morgan fingerprint density at radius 1 is 1.00 bits per heavy atom. The SMILES string of the molecule is CCNC(=O)OCC(COC(=O)NCC)OCCC(C)C(=O)NF. The van der Waals surface area contributed by atoms with E-state index < -0.39 is 30.1 Å². The molecule has 0 aliphatic heterocycles. The van der Waals surface area contributed by atoms with Crippen LogP contribution in [0, 0.1) is 5.92 Å². The van der Waals surface area contributed by atoms with E-state index in [0.29, 0.717) is 13.1 Å². The number of alkyl carbamates (subject to hydrolysis) is 2. The molecular formula is C14H26FN3O6. The van der Waals surface area contributed by atoms with E-state index in [4.69, 9.17) is 14.2 Å². The van der Waals surface area contributed by atoms with Crippen molar-refractivity contribution >= 4 is 18.1 Å². The van der Waals surface area contributed by atoms with Crippen LogP contribution >= 0.6 is 0 Å². The maximum Gasteiger partial charge on any atom is 0.407 e. The molecule has 0 saturated heterocycles. The number of carbonyl (C=O) groups is 3. The average Bonchev–Trinajstić information content (AvgIpc) is 2.56. The average molecular weight is 351 g/mol. The number of rotatable bonds is 11. The minimum absolute atomic E-state index is 0.108. The van der Waals surface area contributed by atoms with E-state index in [1.54, 1.807) is 20.8 Å². The molecule has 24 heavy (non-hydrogen) atoms. The molecule has 0 bridgehead atoms. The van der Waals surface area contributed by atoms with E-state index in [9.17, 15) is 18.9 Å². The molecular weight excluding hydrogens is 325 g/mol. The van der Waals surface area contributed by atoms with Crippen molar-refractivity contribution in [3.05, 3.63) is 0 Å². The first-order valence-electron chi connectivity index (χ1n) is 7.77. The van der Waals surface area contributed by atoms with Gasteiger partial charge < -0.3 is 24.8 Å². The fraction of sp³-hybridized carbons (Fsp3) is 0.786. The number of amides is 3. The topological polar surface area (TPSA) is 115 Å². The third-order valence-corrected chi connectivity index (χ3v) is 2.89. The zero-order valence-corrected chi connectivity index (χ0v) is 14.2. The molecule has 1 atom stereocenters. The molecule has 3 N–H and O–H groups in total. The molecule has 0 radical (unpaired) electrons. The van der Waals surface area contributed by atoms with E-state index in [1.807, 2.05) is 0 Å². The molecule has 0 aromatic heterocycles. The van der Waals surface area contributed by atoms with E-state index in [1.165, 1.54) is 0 Å². The Labute approximate surface area is 140 Å². The van der Waals surface area contributed by atoms with Crippen LogP contribution in [0.4, 0.5) is 14.1 Å². The highest BCUT2D eigenvalue weighted by Gasteiger charge is 2.17. The Balaban J connectivity index is 4.31. The number of ether oxygens (including phenoxy) is 3. The standard InChI is InChI=1S/C14H26FN3O6/c1-4-16-13(20)23-8-11(9-24-14(21)17-5-2)22-7-6-10(3)12(19)18-15/h10-11H,4-9H2,1-3H3,(H,16,20)(H,17,21)(H,18,19). The summed E-state index contributed by atoms with van der Waals surface area (Å²) in [6, 6.07) is 0. The summed E-state index contributed by atoms with van der Waals surface area (Å²) in [7, 11) is 0. The molecule has 0 aliphatic rings. The van der Waals surface area contributed by atoms with Gasteiger partial charge in [0.1, 0.15) is 19.3 Å². The summed E-state index contributed by atoms with van der Waals surface area (Å²) >= 11 is 0. The van der Waals surface area contributed by atoms with Gasteiger partial charge in [-0.3, -0.25) is 4.79 Å². The number of nitrogens with one attached hydrogen (secondary N) is 3. The predicted molar refractivity (Wildman–Crippen MR) is 82.8 cm³/mol. The minimum atomic E-state index is -0.743. The molecule has 0 aromatic carbocycles. The van der Waals surface area contributed by atoms with Gasteiger partial charge in [-0.15, -0.1) is 4.48 Å². The van der Waals surface area contributed by atoms with Crippen LogP contribution in [0.15, 0.2) is 0 Å². The second-order valence-electron chi connectivity index (χ2n) is 4.90. The van der Waals surface area contributed by atoms with E-state index in [0.717, 1.165) is 5.54 Å². The van der Waals surface area contributed by atoms with Crippen molar-refractivity contribution in [3.8, 4) is 0 Å². The second-order valence-corrected chi connectivity index (χ2v) is 4.90. The minimum Gasteiger partial charge on any atom is -0.447 e. The van der Waals surface area contributed by atoms with Crippen LogP contribution in [0.2, 0.25) is 0 Å². The molecule has 0 spiro atoms. The largest absolute Gasteiger partial charge is 0.447 e. The van der Waals surface area contributed by atoms with Crippen molar-refractivity contribution < 1.29 is 33.1 Å². The fourth-order valence-electron chi connectivity index (χ4n) is 1.51. The van der Waals surface area contributed by atoms with Gasteiger partial charge in [-0.25, -0.2) is 9.59 Å². The number of hydrogen-bond acceptors (Lipinski definition) is 6. The quantitative estimate of drug-likeness (QED) is 0.476. The summed E-state index contributed by atoms with van der Waals surface area (Å²) in [5, 5.41) is 4.90. The highest BCUT2D eigenvalue weighted by atomic mass is 19.2. The highest BCUT2D eigenvalue weighted by molar-refractivity contribution is 5.76. The molecule has 0 aromatic rings. The summed E-state index contributed by atoms with van der Waals surface area (Å²) in [6.45, 7) is 5.70. The zero-order valence-electron chi connectivity index (χ0n) is 14.2. The number of halogens is 1. The molecule has 0 fully saturated rings. The number of carbonyl (C=O) groups excluding carboxylic acids is 3. The predicted octanol–water partition coefficient (Wildman–Crippen LogP) is 0.891. The molecule has 0 aliphatic carbocycles. The van der Waals surface area contributed by atoms with Crippen LogP contribution in [0.25, 0.3) is 0 Å². The molecule has 9 nitrogen and oxygen atoms in total. The van der Waals surface area contributed by atoms with E-state index >= 15 is 0 Å². The van der Waals surface area contributed by atoms with Crippen LogP contribution in [0.3, 0.4) is 0 Å². The number of hydrogen-bond donors (Lipinski definition) is 3. The molecule has 10 heteroatoms. The summed E-state index contributed by atoms with van der Waals surface area (Å²) in [6.07, 6.45) is -1.67. The molecule has 0 heterocycles. The van der Waals surface area contributed by atoms with Crippen LogP contribution in [0.5, 0.6) is 0 Å². The fourth-order valence-corrected chi connectivity index (χ4v) is 1.51. The van der Waals surface area contributed by atoms with Crippen molar-refractivity contribution in [2.24, 2.45) is 5.92 Å². The summed E-state index contributed by atoms with van der Waals surface area (Å²) in [5.41, 5.74) is 1.06. The maximum atomic E-state index is 12.0. The van der Waals surface area contributed by atoms with Gasteiger partial charge in [0.2, 0.25) is 0 Å². The van der Waals surface area contributed by atoms with E-state index in [-0.39, 0.29) is 26.2 Å². The normalized spacial score (nSPS) is 11.5. The first kappa shape index (κ1) is 21.9. The van der Waals surface area contributed by atoms with Crippen molar-refractivity contribution in [1.82, 2.24) is 16.2 Å². The van der Waals surface area contributed by atoms with Crippen LogP contribution in [0.1, 0.15) is 27.2 Å². The summed E-state index contributed by atoms with van der Waals surface area (Å²) in [5.74, 6) is -1.32. The van der Waals surface area contributed by atoms with Gasteiger partial charge in [-0.2, -0.15) is 5.54 Å². The lowest BCUT2D eigenvalue weighted by molar-refractivity contribution is -0.129. The summed E-state index contributed by atoms with van der Waals surface area (Å²) < 4.78 is 27.3. The van der Waals surface area contributed by atoms with Crippen molar-refractivity contribution in [3.63, 3.8) is 0 Å². The Bertz CT molecular complexity index is 375. The van der Waals surface area contributed by atoms with Gasteiger partial charge in [0.25, 0.3) is 5.91 Å². The zero-order chi connectivity index (χ0) is 18.4. The molecule has 3 amide bonds. The van der Waals surface area contributed by atoms with Gasteiger partial charge in [0.05, 0.1) is 0 Å². The van der Waals surface area contributed by atoms with Crippen molar-refractivity contribution in [2.75, 3.05) is 32.9 Å². The van der Waals surface area contributed by atoms with Gasteiger partial charge in [0.15, 0.2) is 0 Å². The van der Waals surface area contributed by atoms with Crippen LogP contribution in [-0.2, 0) is 19.0 Å². The van der Waals surface area contributed by atoms with Gasteiger partial charge >= 0.3 is 12.2 Å². The third kappa shape index (κ3) is 10.6. The lowest BCUT2D eigenvalue weighted by atomic mass is 10.1. The van der Waals surface area contributed by atoms with Gasteiger partial charge in [-0.05, 0) is 20.3 Å². The molecule has 140 valence electrons.